The van der Waals surface area contributed by atoms with E-state index < -0.39 is 0 Å². The second-order valence-electron chi connectivity index (χ2n) is 4.29. The number of halogens is 2. The van der Waals surface area contributed by atoms with Crippen molar-refractivity contribution in [1.82, 2.24) is 9.78 Å². The predicted molar refractivity (Wildman–Crippen MR) is 76.2 cm³/mol. The SMILES string of the molecule is COCCn1ncc(Br)c1C(=O)Cc1cccc(F)c1. The van der Waals surface area contributed by atoms with Gasteiger partial charge in [-0.15, -0.1) is 0 Å². The standard InChI is InChI=1S/C14H14BrFN2O2/c1-20-6-5-18-14(12(15)9-17-18)13(19)8-10-3-2-4-11(16)7-10/h2-4,7,9H,5-6,8H2,1H3. The summed E-state index contributed by atoms with van der Waals surface area (Å²) < 4.78 is 20.3. The zero-order chi connectivity index (χ0) is 14.5. The molecule has 0 fully saturated rings. The van der Waals surface area contributed by atoms with Crippen LogP contribution < -0.4 is 0 Å². The largest absolute Gasteiger partial charge is 0.383 e. The van der Waals surface area contributed by atoms with E-state index in [1.54, 1.807) is 30.1 Å². The molecule has 0 spiro atoms. The summed E-state index contributed by atoms with van der Waals surface area (Å²) in [5.74, 6) is -0.460. The van der Waals surface area contributed by atoms with E-state index in [4.69, 9.17) is 4.74 Å². The molecule has 0 N–H and O–H groups in total. The molecule has 106 valence electrons. The summed E-state index contributed by atoms with van der Waals surface area (Å²) in [5, 5.41) is 4.13. The summed E-state index contributed by atoms with van der Waals surface area (Å²) in [5.41, 5.74) is 1.12. The number of aromatic nitrogens is 2. The van der Waals surface area contributed by atoms with Crippen LogP contribution in [0.25, 0.3) is 0 Å². The maximum Gasteiger partial charge on any atom is 0.186 e. The fourth-order valence-electron chi connectivity index (χ4n) is 1.90. The third-order valence-electron chi connectivity index (χ3n) is 2.82. The van der Waals surface area contributed by atoms with Gasteiger partial charge in [0.15, 0.2) is 5.78 Å². The van der Waals surface area contributed by atoms with Crippen LogP contribution in [0.3, 0.4) is 0 Å². The van der Waals surface area contributed by atoms with Crippen LogP contribution in [-0.4, -0.2) is 29.3 Å². The van der Waals surface area contributed by atoms with Crippen LogP contribution in [0.1, 0.15) is 16.1 Å². The second-order valence-corrected chi connectivity index (χ2v) is 5.14. The number of hydrogen-bond acceptors (Lipinski definition) is 3. The van der Waals surface area contributed by atoms with Gasteiger partial charge in [-0.25, -0.2) is 4.39 Å². The Balaban J connectivity index is 2.18. The van der Waals surface area contributed by atoms with Gasteiger partial charge in [-0.05, 0) is 33.6 Å². The molecule has 0 atom stereocenters. The van der Waals surface area contributed by atoms with Gasteiger partial charge in [0.05, 0.1) is 23.8 Å². The molecule has 6 heteroatoms. The highest BCUT2D eigenvalue weighted by atomic mass is 79.9. The molecule has 2 aromatic rings. The van der Waals surface area contributed by atoms with Crippen LogP contribution in [0.5, 0.6) is 0 Å². The van der Waals surface area contributed by atoms with Crippen molar-refractivity contribution in [2.24, 2.45) is 0 Å². The zero-order valence-corrected chi connectivity index (χ0v) is 12.6. The van der Waals surface area contributed by atoms with Crippen molar-refractivity contribution in [2.45, 2.75) is 13.0 Å². The number of ether oxygens (including phenoxy) is 1. The first-order valence-electron chi connectivity index (χ1n) is 6.09. The minimum Gasteiger partial charge on any atom is -0.383 e. The summed E-state index contributed by atoms with van der Waals surface area (Å²) in [6, 6.07) is 6.04. The summed E-state index contributed by atoms with van der Waals surface area (Å²) in [6.07, 6.45) is 1.71. The molecule has 0 aliphatic carbocycles. The van der Waals surface area contributed by atoms with Crippen molar-refractivity contribution in [3.63, 3.8) is 0 Å². The normalized spacial score (nSPS) is 10.8. The minimum absolute atomic E-state index is 0.115. The number of rotatable bonds is 6. The quantitative estimate of drug-likeness (QED) is 0.759. The number of Topliss-reactive ketones (excluding diaryl/α,β-unsaturated/α-hetero) is 1. The number of methoxy groups -OCH3 is 1. The van der Waals surface area contributed by atoms with E-state index >= 15 is 0 Å². The van der Waals surface area contributed by atoms with Gasteiger partial charge >= 0.3 is 0 Å². The summed E-state index contributed by atoms with van der Waals surface area (Å²) in [6.45, 7) is 0.959. The van der Waals surface area contributed by atoms with Gasteiger partial charge in [0, 0.05) is 13.5 Å². The molecule has 0 saturated heterocycles. The molecule has 1 aromatic carbocycles. The number of nitrogens with zero attached hydrogens (tertiary/aromatic N) is 2. The third kappa shape index (κ3) is 3.52. The lowest BCUT2D eigenvalue weighted by atomic mass is 10.1. The maximum atomic E-state index is 13.1. The van der Waals surface area contributed by atoms with Gasteiger partial charge in [-0.1, -0.05) is 12.1 Å². The Morgan fingerprint density at radius 2 is 2.30 bits per heavy atom. The molecule has 0 aliphatic rings. The van der Waals surface area contributed by atoms with Crippen LogP contribution in [0, 0.1) is 5.82 Å². The Morgan fingerprint density at radius 1 is 1.50 bits per heavy atom. The number of benzene rings is 1. The van der Waals surface area contributed by atoms with Crippen molar-refractivity contribution in [3.05, 3.63) is 52.0 Å². The van der Waals surface area contributed by atoms with E-state index in [-0.39, 0.29) is 18.0 Å². The number of carbonyl (C=O) groups excluding carboxylic acids is 1. The van der Waals surface area contributed by atoms with Crippen LogP contribution in [0.4, 0.5) is 4.39 Å². The highest BCUT2D eigenvalue weighted by molar-refractivity contribution is 9.10. The van der Waals surface area contributed by atoms with Crippen LogP contribution >= 0.6 is 15.9 Å². The van der Waals surface area contributed by atoms with Crippen molar-refractivity contribution in [3.8, 4) is 0 Å². The van der Waals surface area contributed by atoms with Crippen molar-refractivity contribution >= 4 is 21.7 Å². The first-order valence-corrected chi connectivity index (χ1v) is 6.89. The third-order valence-corrected chi connectivity index (χ3v) is 3.40. The maximum absolute atomic E-state index is 13.1. The van der Waals surface area contributed by atoms with E-state index in [2.05, 4.69) is 21.0 Å². The lowest BCUT2D eigenvalue weighted by Gasteiger charge is -2.07. The van der Waals surface area contributed by atoms with Gasteiger partial charge in [0.25, 0.3) is 0 Å². The smallest absolute Gasteiger partial charge is 0.186 e. The molecule has 0 radical (unpaired) electrons. The Kier molecular flexibility index (Phi) is 5.03. The molecule has 2 rings (SSSR count). The highest BCUT2D eigenvalue weighted by Crippen LogP contribution is 2.18. The average Bonchev–Trinajstić information content (AvgIpc) is 2.77. The second kappa shape index (κ2) is 6.76. The first kappa shape index (κ1) is 14.9. The van der Waals surface area contributed by atoms with E-state index in [0.717, 1.165) is 0 Å². The fourth-order valence-corrected chi connectivity index (χ4v) is 2.42. The number of ketones is 1. The van der Waals surface area contributed by atoms with Crippen LogP contribution in [-0.2, 0) is 17.7 Å². The van der Waals surface area contributed by atoms with Crippen molar-refractivity contribution in [2.75, 3.05) is 13.7 Å². The summed E-state index contributed by atoms with van der Waals surface area (Å²) >= 11 is 3.32. The Morgan fingerprint density at radius 3 is 3.00 bits per heavy atom. The van der Waals surface area contributed by atoms with E-state index in [1.165, 1.54) is 12.1 Å². The van der Waals surface area contributed by atoms with Gasteiger partial charge in [0.2, 0.25) is 0 Å². The zero-order valence-electron chi connectivity index (χ0n) is 11.0. The fraction of sp³-hybridized carbons (Fsp3) is 0.286. The van der Waals surface area contributed by atoms with Gasteiger partial charge < -0.3 is 4.74 Å². The van der Waals surface area contributed by atoms with Crippen molar-refractivity contribution in [1.29, 1.82) is 0 Å². The Bertz CT molecular complexity index is 613. The first-order chi connectivity index (χ1) is 9.61. The molecule has 0 amide bonds. The monoisotopic (exact) mass is 340 g/mol. The molecular weight excluding hydrogens is 327 g/mol. The highest BCUT2D eigenvalue weighted by Gasteiger charge is 2.17. The molecule has 1 heterocycles. The molecule has 0 bridgehead atoms. The lowest BCUT2D eigenvalue weighted by molar-refractivity contribution is 0.0978. The predicted octanol–water partition coefficient (Wildman–Crippen LogP) is 2.86. The lowest BCUT2D eigenvalue weighted by Crippen LogP contribution is -2.15. The summed E-state index contributed by atoms with van der Waals surface area (Å²) in [7, 11) is 1.59. The molecule has 0 unspecified atom stereocenters. The summed E-state index contributed by atoms with van der Waals surface area (Å²) in [4.78, 5) is 12.3. The average molecular weight is 341 g/mol. The van der Waals surface area contributed by atoms with Crippen LogP contribution in [0.15, 0.2) is 34.9 Å². The van der Waals surface area contributed by atoms with Gasteiger partial charge in [0.1, 0.15) is 11.5 Å². The van der Waals surface area contributed by atoms with Crippen molar-refractivity contribution < 1.29 is 13.9 Å². The topological polar surface area (TPSA) is 44.1 Å². The molecule has 20 heavy (non-hydrogen) atoms. The Hall–Kier alpha value is -1.53. The molecular formula is C14H14BrFN2O2. The van der Waals surface area contributed by atoms with E-state index in [9.17, 15) is 9.18 Å². The van der Waals surface area contributed by atoms with Gasteiger partial charge in [-0.2, -0.15) is 5.10 Å². The number of carbonyl (C=O) groups is 1. The molecule has 0 saturated carbocycles. The van der Waals surface area contributed by atoms with E-state index in [0.29, 0.717) is 28.9 Å². The van der Waals surface area contributed by atoms with Gasteiger partial charge in [-0.3, -0.25) is 9.48 Å². The van der Waals surface area contributed by atoms with E-state index in [1.807, 2.05) is 0 Å². The molecule has 1 aromatic heterocycles. The van der Waals surface area contributed by atoms with Crippen LogP contribution in [0.2, 0.25) is 0 Å². The number of hydrogen-bond donors (Lipinski definition) is 0. The molecule has 0 aliphatic heterocycles. The molecule has 4 nitrogen and oxygen atoms in total. The minimum atomic E-state index is -0.345. The Labute approximate surface area is 124 Å².